The van der Waals surface area contributed by atoms with Crippen LogP contribution in [0, 0.1) is 6.92 Å². The van der Waals surface area contributed by atoms with Crippen molar-refractivity contribution >= 4 is 0 Å². The molecule has 20 heavy (non-hydrogen) atoms. The minimum Gasteiger partial charge on any atom is -0.324 e. The third-order valence-corrected chi connectivity index (χ3v) is 3.07. The maximum absolute atomic E-state index is 12.6. The van der Waals surface area contributed by atoms with Gasteiger partial charge in [0, 0.05) is 17.9 Å². The van der Waals surface area contributed by atoms with E-state index in [0.29, 0.717) is 12.0 Å². The van der Waals surface area contributed by atoms with E-state index in [9.17, 15) is 13.2 Å². The molecule has 1 atom stereocenters. The van der Waals surface area contributed by atoms with Gasteiger partial charge in [-0.2, -0.15) is 13.2 Å². The Bertz CT molecular complexity index is 576. The largest absolute Gasteiger partial charge is 0.416 e. The summed E-state index contributed by atoms with van der Waals surface area (Å²) in [4.78, 5) is 4.14. The third-order valence-electron chi connectivity index (χ3n) is 3.07. The molecule has 2 nitrogen and oxygen atoms in total. The third kappa shape index (κ3) is 3.57. The van der Waals surface area contributed by atoms with Crippen molar-refractivity contribution in [2.75, 3.05) is 0 Å². The number of hydrogen-bond donors (Lipinski definition) is 1. The highest BCUT2D eigenvalue weighted by Gasteiger charge is 2.30. The molecule has 0 radical (unpaired) electrons. The number of rotatable bonds is 3. The topological polar surface area (TPSA) is 38.9 Å². The fourth-order valence-corrected chi connectivity index (χ4v) is 1.94. The SMILES string of the molecule is Cc1ccc(C(N)Cc2cccc(C(F)(F)F)c2)cn1. The van der Waals surface area contributed by atoms with Crippen LogP contribution in [-0.4, -0.2) is 4.98 Å². The van der Waals surface area contributed by atoms with Crippen LogP contribution in [0.2, 0.25) is 0 Å². The van der Waals surface area contributed by atoms with Crippen molar-refractivity contribution < 1.29 is 13.2 Å². The summed E-state index contributed by atoms with van der Waals surface area (Å²) in [7, 11) is 0. The molecular weight excluding hydrogens is 265 g/mol. The summed E-state index contributed by atoms with van der Waals surface area (Å²) in [5.41, 5.74) is 7.62. The Kier molecular flexibility index (Phi) is 4.09. The summed E-state index contributed by atoms with van der Waals surface area (Å²) in [6.45, 7) is 1.86. The van der Waals surface area contributed by atoms with Crippen LogP contribution in [0.25, 0.3) is 0 Å². The molecule has 2 rings (SSSR count). The average Bonchev–Trinajstić information content (AvgIpc) is 2.38. The van der Waals surface area contributed by atoms with Crippen LogP contribution in [0.3, 0.4) is 0 Å². The van der Waals surface area contributed by atoms with E-state index >= 15 is 0 Å². The van der Waals surface area contributed by atoms with E-state index in [4.69, 9.17) is 5.73 Å². The van der Waals surface area contributed by atoms with Gasteiger partial charge >= 0.3 is 6.18 Å². The van der Waals surface area contributed by atoms with E-state index in [1.54, 1.807) is 12.3 Å². The van der Waals surface area contributed by atoms with Crippen LogP contribution in [0.4, 0.5) is 13.2 Å². The monoisotopic (exact) mass is 280 g/mol. The summed E-state index contributed by atoms with van der Waals surface area (Å²) in [6.07, 6.45) is -2.33. The number of aryl methyl sites for hydroxylation is 1. The summed E-state index contributed by atoms with van der Waals surface area (Å²) in [5.74, 6) is 0. The van der Waals surface area contributed by atoms with Gasteiger partial charge in [0.2, 0.25) is 0 Å². The predicted octanol–water partition coefficient (Wildman–Crippen LogP) is 3.65. The Morgan fingerprint density at radius 3 is 2.55 bits per heavy atom. The van der Waals surface area contributed by atoms with E-state index in [0.717, 1.165) is 23.4 Å². The molecule has 1 heterocycles. The minimum atomic E-state index is -4.33. The Balaban J connectivity index is 2.15. The van der Waals surface area contributed by atoms with Crippen LogP contribution >= 0.6 is 0 Å². The number of nitrogens with two attached hydrogens (primary N) is 1. The predicted molar refractivity (Wildman–Crippen MR) is 71.1 cm³/mol. The van der Waals surface area contributed by atoms with Gasteiger partial charge in [0.05, 0.1) is 5.56 Å². The number of halogens is 3. The van der Waals surface area contributed by atoms with Gasteiger partial charge in [-0.05, 0) is 36.6 Å². The van der Waals surface area contributed by atoms with Gasteiger partial charge in [-0.3, -0.25) is 4.98 Å². The van der Waals surface area contributed by atoms with Crippen molar-refractivity contribution in [3.63, 3.8) is 0 Å². The summed E-state index contributed by atoms with van der Waals surface area (Å²) in [6, 6.07) is 8.56. The molecule has 0 aliphatic carbocycles. The lowest BCUT2D eigenvalue weighted by Crippen LogP contribution is -2.14. The zero-order chi connectivity index (χ0) is 14.8. The second-order valence-corrected chi connectivity index (χ2v) is 4.74. The molecule has 0 saturated heterocycles. The van der Waals surface area contributed by atoms with Gasteiger partial charge < -0.3 is 5.73 Å². The Hall–Kier alpha value is -1.88. The summed E-state index contributed by atoms with van der Waals surface area (Å²) >= 11 is 0. The molecule has 0 aliphatic rings. The van der Waals surface area contributed by atoms with E-state index in [1.807, 2.05) is 19.1 Å². The fourth-order valence-electron chi connectivity index (χ4n) is 1.94. The molecule has 0 fully saturated rings. The molecule has 0 amide bonds. The normalized spacial score (nSPS) is 13.2. The number of pyridine rings is 1. The summed E-state index contributed by atoms with van der Waals surface area (Å²) in [5, 5.41) is 0. The maximum Gasteiger partial charge on any atom is 0.416 e. The van der Waals surface area contributed by atoms with Crippen LogP contribution in [0.5, 0.6) is 0 Å². The fraction of sp³-hybridized carbons (Fsp3) is 0.267. The lowest BCUT2D eigenvalue weighted by atomic mass is 9.99. The van der Waals surface area contributed by atoms with Gasteiger partial charge in [0.25, 0.3) is 0 Å². The molecule has 1 aromatic heterocycles. The van der Waals surface area contributed by atoms with Crippen LogP contribution in [0.15, 0.2) is 42.6 Å². The van der Waals surface area contributed by atoms with Crippen molar-refractivity contribution in [3.05, 3.63) is 65.0 Å². The minimum absolute atomic E-state index is 0.342. The van der Waals surface area contributed by atoms with E-state index in [1.165, 1.54) is 6.07 Å². The Labute approximate surface area is 115 Å². The first kappa shape index (κ1) is 14.5. The van der Waals surface area contributed by atoms with Gasteiger partial charge in [0.1, 0.15) is 0 Å². The van der Waals surface area contributed by atoms with Crippen LogP contribution < -0.4 is 5.73 Å². The van der Waals surface area contributed by atoms with Crippen molar-refractivity contribution in [1.29, 1.82) is 0 Å². The van der Waals surface area contributed by atoms with E-state index < -0.39 is 11.7 Å². The van der Waals surface area contributed by atoms with Crippen molar-refractivity contribution in [2.45, 2.75) is 25.6 Å². The lowest BCUT2D eigenvalue weighted by Gasteiger charge is -2.13. The van der Waals surface area contributed by atoms with E-state index in [-0.39, 0.29) is 6.04 Å². The second kappa shape index (κ2) is 5.63. The molecule has 0 saturated carbocycles. The molecule has 1 unspecified atom stereocenters. The quantitative estimate of drug-likeness (QED) is 0.932. The summed E-state index contributed by atoms with van der Waals surface area (Å²) < 4.78 is 37.9. The first-order chi connectivity index (χ1) is 9.36. The smallest absolute Gasteiger partial charge is 0.324 e. The first-order valence-corrected chi connectivity index (χ1v) is 6.20. The highest BCUT2D eigenvalue weighted by atomic mass is 19.4. The number of nitrogens with zero attached hydrogens (tertiary/aromatic N) is 1. The highest BCUT2D eigenvalue weighted by molar-refractivity contribution is 5.28. The molecule has 0 bridgehead atoms. The van der Waals surface area contributed by atoms with Gasteiger partial charge in [0.15, 0.2) is 0 Å². The zero-order valence-electron chi connectivity index (χ0n) is 11.0. The average molecular weight is 280 g/mol. The molecule has 2 N–H and O–H groups in total. The molecule has 2 aromatic rings. The van der Waals surface area contributed by atoms with Crippen molar-refractivity contribution in [2.24, 2.45) is 5.73 Å². The van der Waals surface area contributed by atoms with Gasteiger partial charge in [-0.25, -0.2) is 0 Å². The lowest BCUT2D eigenvalue weighted by molar-refractivity contribution is -0.137. The Morgan fingerprint density at radius 1 is 1.20 bits per heavy atom. The van der Waals surface area contributed by atoms with E-state index in [2.05, 4.69) is 4.98 Å². The molecule has 5 heteroatoms. The number of aromatic nitrogens is 1. The van der Waals surface area contributed by atoms with Crippen LogP contribution in [0.1, 0.15) is 28.4 Å². The molecule has 0 aliphatic heterocycles. The molecule has 106 valence electrons. The maximum atomic E-state index is 12.6. The standard InChI is InChI=1S/C15H15F3N2/c1-10-5-6-12(9-20-10)14(19)8-11-3-2-4-13(7-11)15(16,17)18/h2-7,9,14H,8,19H2,1H3. The highest BCUT2D eigenvalue weighted by Crippen LogP contribution is 2.30. The molecule has 0 spiro atoms. The van der Waals surface area contributed by atoms with Gasteiger partial charge in [-0.1, -0.05) is 24.3 Å². The van der Waals surface area contributed by atoms with Crippen molar-refractivity contribution in [3.8, 4) is 0 Å². The van der Waals surface area contributed by atoms with Crippen molar-refractivity contribution in [1.82, 2.24) is 4.98 Å². The number of benzene rings is 1. The first-order valence-electron chi connectivity index (χ1n) is 6.20. The van der Waals surface area contributed by atoms with Gasteiger partial charge in [-0.15, -0.1) is 0 Å². The second-order valence-electron chi connectivity index (χ2n) is 4.74. The molecule has 1 aromatic carbocycles. The number of alkyl halides is 3. The molecular formula is C15H15F3N2. The van der Waals surface area contributed by atoms with Crippen LogP contribution in [-0.2, 0) is 12.6 Å². The number of hydrogen-bond acceptors (Lipinski definition) is 2. The Morgan fingerprint density at radius 2 is 1.95 bits per heavy atom. The zero-order valence-corrected chi connectivity index (χ0v) is 11.0.